The molecule has 0 aliphatic rings. The summed E-state index contributed by atoms with van der Waals surface area (Å²) in [7, 11) is 0. The van der Waals surface area contributed by atoms with Gasteiger partial charge in [0.15, 0.2) is 17.5 Å². The van der Waals surface area contributed by atoms with Gasteiger partial charge in [-0.2, -0.15) is 0 Å². The average molecular weight is 970 g/mol. The van der Waals surface area contributed by atoms with Gasteiger partial charge in [0.1, 0.15) is 22.3 Å². The molecule has 0 bridgehead atoms. The first-order chi connectivity index (χ1) is 37.7. The molecule has 0 N–H and O–H groups in total. The Bertz CT molecular complexity index is 5220. The predicted octanol–water partition coefficient (Wildman–Crippen LogP) is 18.3. The average Bonchev–Trinajstić information content (AvgIpc) is 4.25. The molecule has 352 valence electrons. The lowest BCUT2D eigenvalue weighted by Gasteiger charge is -2.16. The topological polar surface area (TPSA) is 74.8 Å². The second-order valence-corrected chi connectivity index (χ2v) is 19.9. The largest absolute Gasteiger partial charge is 0.455 e. The Kier molecular flexibility index (Phi) is 8.43. The summed E-state index contributed by atoms with van der Waals surface area (Å²) >= 11 is 0. The van der Waals surface area contributed by atoms with Crippen LogP contribution in [0.2, 0.25) is 0 Å². The first-order valence-corrected chi connectivity index (χ1v) is 25.7. The van der Waals surface area contributed by atoms with Gasteiger partial charge in [-0.3, -0.25) is 0 Å². The molecule has 0 saturated heterocycles. The molecular weight excluding hydrogens is 931 g/mol. The van der Waals surface area contributed by atoms with Crippen molar-refractivity contribution in [2.24, 2.45) is 0 Å². The molecule has 0 atom stereocenters. The van der Waals surface area contributed by atoms with Crippen LogP contribution in [-0.2, 0) is 0 Å². The van der Waals surface area contributed by atoms with Gasteiger partial charge in [0, 0.05) is 65.3 Å². The van der Waals surface area contributed by atoms with E-state index < -0.39 is 0 Å². The predicted molar refractivity (Wildman–Crippen MR) is 312 cm³/mol. The van der Waals surface area contributed by atoms with Crippen molar-refractivity contribution in [1.29, 1.82) is 0 Å². The first-order valence-electron chi connectivity index (χ1n) is 25.7. The molecule has 7 heteroatoms. The lowest BCUT2D eigenvalue weighted by atomic mass is 10.0. The van der Waals surface area contributed by atoms with Crippen LogP contribution in [0.25, 0.3) is 165 Å². The van der Waals surface area contributed by atoms with Gasteiger partial charge in [0.25, 0.3) is 0 Å². The van der Waals surface area contributed by atoms with Gasteiger partial charge in [0.05, 0.1) is 33.3 Å². The molecule has 0 saturated carbocycles. The zero-order valence-corrected chi connectivity index (χ0v) is 40.6. The Morgan fingerprint density at radius 3 is 1.55 bits per heavy atom. The van der Waals surface area contributed by atoms with Gasteiger partial charge >= 0.3 is 0 Å². The summed E-state index contributed by atoms with van der Waals surface area (Å²) in [6.07, 6.45) is 0. The maximum atomic E-state index is 7.07. The van der Waals surface area contributed by atoms with Gasteiger partial charge in [-0.25, -0.2) is 15.0 Å². The van der Waals surface area contributed by atoms with E-state index in [0.717, 1.165) is 132 Å². The van der Waals surface area contributed by atoms with E-state index in [4.69, 9.17) is 23.8 Å². The normalized spacial score (nSPS) is 12.2. The van der Waals surface area contributed by atoms with Crippen LogP contribution in [0.3, 0.4) is 0 Å². The van der Waals surface area contributed by atoms with E-state index in [0.29, 0.717) is 23.1 Å². The van der Waals surface area contributed by atoms with Crippen LogP contribution < -0.4 is 0 Å². The number of rotatable bonds is 5. The van der Waals surface area contributed by atoms with E-state index in [-0.39, 0.29) is 0 Å². The molecule has 12 aromatic carbocycles. The number of para-hydroxylation sites is 5. The third kappa shape index (κ3) is 5.90. The third-order valence-electron chi connectivity index (χ3n) is 15.7. The third-order valence-corrected chi connectivity index (χ3v) is 15.7. The molecule has 5 aromatic heterocycles. The SMILES string of the molecule is c1ccc(-n2c3ccccc3c3cccc(-c4nc(-c5cc6oc7c8ccccc8ccc7c6cc5-n5c6cc7ccccc7cc6c6cc7ccccc7cc65)nc(-c5cccc6c5oc5ccccc56)n4)c32)cc1. The fourth-order valence-corrected chi connectivity index (χ4v) is 12.3. The number of hydrogen-bond donors (Lipinski definition) is 0. The zero-order valence-electron chi connectivity index (χ0n) is 40.6. The van der Waals surface area contributed by atoms with Crippen LogP contribution in [0.1, 0.15) is 0 Å². The summed E-state index contributed by atoms with van der Waals surface area (Å²) in [4.78, 5) is 16.9. The number of fused-ring (bicyclic) bond motifs is 16. The van der Waals surface area contributed by atoms with E-state index >= 15 is 0 Å². The summed E-state index contributed by atoms with van der Waals surface area (Å²) < 4.78 is 18.6. The molecule has 76 heavy (non-hydrogen) atoms. The number of hydrogen-bond acceptors (Lipinski definition) is 5. The van der Waals surface area contributed by atoms with E-state index in [1.165, 1.54) is 10.8 Å². The molecule has 5 heterocycles. The number of furan rings is 2. The monoisotopic (exact) mass is 969 g/mol. The molecule has 0 spiro atoms. The first kappa shape index (κ1) is 41.1. The molecule has 0 radical (unpaired) electrons. The van der Waals surface area contributed by atoms with Crippen molar-refractivity contribution in [2.45, 2.75) is 0 Å². The van der Waals surface area contributed by atoms with Crippen LogP contribution in [0.15, 0.2) is 245 Å². The molecule has 0 aliphatic heterocycles. The van der Waals surface area contributed by atoms with Crippen LogP contribution in [0.5, 0.6) is 0 Å². The highest BCUT2D eigenvalue weighted by Crippen LogP contribution is 2.45. The van der Waals surface area contributed by atoms with Crippen LogP contribution in [0.4, 0.5) is 0 Å². The van der Waals surface area contributed by atoms with E-state index in [9.17, 15) is 0 Å². The quantitative estimate of drug-likeness (QED) is 0.172. The van der Waals surface area contributed by atoms with E-state index in [2.05, 4.69) is 228 Å². The highest BCUT2D eigenvalue weighted by atomic mass is 16.3. The second-order valence-electron chi connectivity index (χ2n) is 19.9. The van der Waals surface area contributed by atoms with Crippen LogP contribution in [0, 0.1) is 0 Å². The van der Waals surface area contributed by atoms with Gasteiger partial charge in [-0.05, 0) is 106 Å². The van der Waals surface area contributed by atoms with Crippen molar-refractivity contribution < 1.29 is 8.83 Å². The fraction of sp³-hybridized carbons (Fsp3) is 0. The van der Waals surface area contributed by atoms with E-state index in [1.54, 1.807) is 0 Å². The van der Waals surface area contributed by atoms with Crippen LogP contribution in [-0.4, -0.2) is 24.1 Å². The molecule has 0 unspecified atom stereocenters. The van der Waals surface area contributed by atoms with Crippen molar-refractivity contribution in [3.63, 3.8) is 0 Å². The summed E-state index contributed by atoms with van der Waals surface area (Å²) in [6, 6.07) is 83.9. The van der Waals surface area contributed by atoms with Gasteiger partial charge < -0.3 is 18.0 Å². The Morgan fingerprint density at radius 2 is 0.816 bits per heavy atom. The second kappa shape index (κ2) is 15.6. The van der Waals surface area contributed by atoms with Gasteiger partial charge in [-0.15, -0.1) is 0 Å². The smallest absolute Gasteiger partial charge is 0.167 e. The standard InChI is InChI=1S/C69H39N5O2/c1-2-21-45(22-3-1)73-58-30-12-10-24-47(58)49-26-14-28-52(64(49)73)67-70-68(53-29-15-27-50-48-25-11-13-31-62(48)75-66(50)53)72-69(71-67)57-39-63-56(51-33-32-40-16-8-9-23-46(40)65(51)76-63)38-61(57)74-59-36-43-19-6-4-17-41(43)34-54(59)55-35-42-18-5-7-20-44(42)37-60(55)74/h1-39H. The van der Waals surface area contributed by atoms with E-state index in [1.807, 2.05) is 18.2 Å². The fourth-order valence-electron chi connectivity index (χ4n) is 12.3. The minimum atomic E-state index is 0.491. The Hall–Kier alpha value is -10.4. The Morgan fingerprint density at radius 1 is 0.276 bits per heavy atom. The maximum Gasteiger partial charge on any atom is 0.167 e. The molecule has 0 aliphatic carbocycles. The number of nitrogens with zero attached hydrogens (tertiary/aromatic N) is 5. The maximum absolute atomic E-state index is 7.07. The minimum Gasteiger partial charge on any atom is -0.455 e. The Balaban J connectivity index is 1.04. The molecule has 0 amide bonds. The molecule has 17 rings (SSSR count). The van der Waals surface area contributed by atoms with Crippen molar-refractivity contribution in [1.82, 2.24) is 24.1 Å². The lowest BCUT2D eigenvalue weighted by molar-refractivity contribution is 0.669. The summed E-state index contributed by atoms with van der Waals surface area (Å²) in [6.45, 7) is 0. The summed E-state index contributed by atoms with van der Waals surface area (Å²) in [5, 5.41) is 15.4. The van der Waals surface area contributed by atoms with Crippen molar-refractivity contribution >= 4 is 120 Å². The highest BCUT2D eigenvalue weighted by Gasteiger charge is 2.26. The zero-order chi connectivity index (χ0) is 49.6. The van der Waals surface area contributed by atoms with Crippen molar-refractivity contribution in [3.05, 3.63) is 237 Å². The molecule has 0 fully saturated rings. The Labute approximate surface area is 432 Å². The van der Waals surface area contributed by atoms with Gasteiger partial charge in [0.2, 0.25) is 0 Å². The summed E-state index contributed by atoms with van der Waals surface area (Å²) in [5.41, 5.74) is 11.7. The summed E-state index contributed by atoms with van der Waals surface area (Å²) in [5.74, 6) is 1.51. The van der Waals surface area contributed by atoms with Crippen molar-refractivity contribution in [3.8, 4) is 45.5 Å². The van der Waals surface area contributed by atoms with Crippen molar-refractivity contribution in [2.75, 3.05) is 0 Å². The number of aromatic nitrogens is 5. The lowest BCUT2D eigenvalue weighted by Crippen LogP contribution is -2.05. The molecular formula is C69H39N5O2. The molecule has 17 aromatic rings. The minimum absolute atomic E-state index is 0.491. The van der Waals surface area contributed by atoms with Gasteiger partial charge in [-0.1, -0.05) is 158 Å². The van der Waals surface area contributed by atoms with Crippen LogP contribution >= 0.6 is 0 Å². The highest BCUT2D eigenvalue weighted by molar-refractivity contribution is 6.20. The number of benzene rings is 12. The molecule has 7 nitrogen and oxygen atoms in total.